The van der Waals surface area contributed by atoms with Crippen LogP contribution in [0.3, 0.4) is 0 Å². The van der Waals surface area contributed by atoms with Crippen molar-refractivity contribution in [1.82, 2.24) is 10.6 Å². The van der Waals surface area contributed by atoms with Gasteiger partial charge in [0.15, 0.2) is 6.10 Å². The van der Waals surface area contributed by atoms with Gasteiger partial charge < -0.3 is 20.3 Å². The van der Waals surface area contributed by atoms with E-state index in [1.165, 1.54) is 5.69 Å². The Hall–Kier alpha value is -1.75. The molecule has 1 unspecified atom stereocenters. The van der Waals surface area contributed by atoms with Crippen molar-refractivity contribution in [1.29, 1.82) is 0 Å². The van der Waals surface area contributed by atoms with Crippen LogP contribution in [0, 0.1) is 0 Å². The average Bonchev–Trinajstić information content (AvgIpc) is 2.48. The van der Waals surface area contributed by atoms with Crippen molar-refractivity contribution in [2.24, 2.45) is 0 Å². The summed E-state index contributed by atoms with van der Waals surface area (Å²) in [5.74, 6) is 0.636. The normalized spacial score (nSPS) is 16.7. The van der Waals surface area contributed by atoms with Crippen LogP contribution in [0.4, 0.5) is 5.69 Å². The molecule has 0 spiro atoms. The van der Waals surface area contributed by atoms with Gasteiger partial charge in [-0.05, 0) is 45.0 Å². The van der Waals surface area contributed by atoms with Crippen LogP contribution in [-0.2, 0) is 4.79 Å². The van der Waals surface area contributed by atoms with Crippen LogP contribution in [-0.4, -0.2) is 44.2 Å². The molecule has 1 amide bonds. The van der Waals surface area contributed by atoms with Gasteiger partial charge in [0.1, 0.15) is 5.75 Å². The first-order valence-electron chi connectivity index (χ1n) is 7.59. The minimum atomic E-state index is -0.488. The molecular formula is C16H25N3O2. The van der Waals surface area contributed by atoms with Crippen LogP contribution in [0.15, 0.2) is 24.3 Å². The van der Waals surface area contributed by atoms with Gasteiger partial charge in [0.2, 0.25) is 0 Å². The maximum Gasteiger partial charge on any atom is 0.260 e. The topological polar surface area (TPSA) is 53.6 Å². The van der Waals surface area contributed by atoms with Gasteiger partial charge in [0.05, 0.1) is 0 Å². The molecule has 21 heavy (non-hydrogen) atoms. The summed E-state index contributed by atoms with van der Waals surface area (Å²) in [5.41, 5.74) is 1.20. The predicted octanol–water partition coefficient (Wildman–Crippen LogP) is 1.39. The van der Waals surface area contributed by atoms with Gasteiger partial charge in [0, 0.05) is 37.9 Å². The minimum Gasteiger partial charge on any atom is -0.481 e. The molecule has 116 valence electrons. The van der Waals surface area contributed by atoms with Crippen molar-refractivity contribution in [3.05, 3.63) is 24.3 Å². The second-order valence-electron chi connectivity index (χ2n) is 5.65. The lowest BCUT2D eigenvalue weighted by atomic mass is 10.2. The first-order valence-corrected chi connectivity index (χ1v) is 7.59. The number of hydrogen-bond donors (Lipinski definition) is 2. The first kappa shape index (κ1) is 15.6. The van der Waals surface area contributed by atoms with E-state index >= 15 is 0 Å². The van der Waals surface area contributed by atoms with Crippen LogP contribution >= 0.6 is 0 Å². The number of carbonyl (C=O) groups excluding carboxylic acids is 1. The Bertz CT molecular complexity index is 453. The third-order valence-corrected chi connectivity index (χ3v) is 3.43. The zero-order chi connectivity index (χ0) is 15.2. The lowest BCUT2D eigenvalue weighted by Gasteiger charge is -2.29. The number of hydrogen-bond acceptors (Lipinski definition) is 4. The number of nitrogens with one attached hydrogen (secondary N) is 2. The van der Waals surface area contributed by atoms with E-state index in [9.17, 15) is 4.79 Å². The number of amides is 1. The van der Waals surface area contributed by atoms with E-state index in [0.717, 1.165) is 31.9 Å². The molecule has 5 heteroatoms. The highest BCUT2D eigenvalue weighted by Crippen LogP contribution is 2.20. The standard InChI is InChI=1S/C16H25N3O2/c1-12(2)18-16(20)13(3)21-15-6-4-14(5-7-15)19-10-8-17-9-11-19/h4-7,12-13,17H,8-11H2,1-3H3,(H,18,20). The Morgan fingerprint density at radius 1 is 1.19 bits per heavy atom. The zero-order valence-electron chi connectivity index (χ0n) is 13.1. The van der Waals surface area contributed by atoms with E-state index < -0.39 is 6.10 Å². The lowest BCUT2D eigenvalue weighted by Crippen LogP contribution is -2.43. The van der Waals surface area contributed by atoms with Gasteiger partial charge >= 0.3 is 0 Å². The second-order valence-corrected chi connectivity index (χ2v) is 5.65. The number of rotatable bonds is 5. The Morgan fingerprint density at radius 2 is 1.81 bits per heavy atom. The average molecular weight is 291 g/mol. The number of benzene rings is 1. The van der Waals surface area contributed by atoms with E-state index in [1.54, 1.807) is 6.92 Å². The van der Waals surface area contributed by atoms with E-state index in [4.69, 9.17) is 4.74 Å². The smallest absolute Gasteiger partial charge is 0.260 e. The van der Waals surface area contributed by atoms with Crippen LogP contribution < -0.4 is 20.3 Å². The van der Waals surface area contributed by atoms with Gasteiger partial charge in [0.25, 0.3) is 5.91 Å². The molecule has 0 bridgehead atoms. The zero-order valence-corrected chi connectivity index (χ0v) is 13.1. The third-order valence-electron chi connectivity index (χ3n) is 3.43. The molecule has 1 saturated heterocycles. The van der Waals surface area contributed by atoms with Crippen molar-refractivity contribution in [3.63, 3.8) is 0 Å². The molecule has 1 aromatic carbocycles. The fraction of sp³-hybridized carbons (Fsp3) is 0.562. The third kappa shape index (κ3) is 4.63. The molecule has 1 aliphatic rings. The van der Waals surface area contributed by atoms with Gasteiger partial charge in [-0.25, -0.2) is 0 Å². The molecule has 5 nitrogen and oxygen atoms in total. The number of nitrogens with zero attached hydrogens (tertiary/aromatic N) is 1. The van der Waals surface area contributed by atoms with Crippen LogP contribution in [0.5, 0.6) is 5.75 Å². The fourth-order valence-corrected chi connectivity index (χ4v) is 2.32. The van der Waals surface area contributed by atoms with Crippen molar-refractivity contribution >= 4 is 11.6 Å². The van der Waals surface area contributed by atoms with E-state index in [1.807, 2.05) is 38.1 Å². The maximum absolute atomic E-state index is 11.8. The lowest BCUT2D eigenvalue weighted by molar-refractivity contribution is -0.127. The molecule has 1 atom stereocenters. The summed E-state index contributed by atoms with van der Waals surface area (Å²) in [6.45, 7) is 9.72. The van der Waals surface area contributed by atoms with E-state index in [2.05, 4.69) is 15.5 Å². The van der Waals surface area contributed by atoms with Crippen LogP contribution in [0.25, 0.3) is 0 Å². The van der Waals surface area contributed by atoms with E-state index in [-0.39, 0.29) is 11.9 Å². The summed E-state index contributed by atoms with van der Waals surface area (Å²) in [6.07, 6.45) is -0.488. The molecule has 1 fully saturated rings. The van der Waals surface area contributed by atoms with Gasteiger partial charge in [-0.3, -0.25) is 4.79 Å². The fourth-order valence-electron chi connectivity index (χ4n) is 2.32. The molecule has 1 heterocycles. The van der Waals surface area contributed by atoms with E-state index in [0.29, 0.717) is 0 Å². The van der Waals surface area contributed by atoms with Crippen LogP contribution in [0.2, 0.25) is 0 Å². The Morgan fingerprint density at radius 3 is 2.38 bits per heavy atom. The SMILES string of the molecule is CC(C)NC(=O)C(C)Oc1ccc(N2CCNCC2)cc1. The summed E-state index contributed by atoms with van der Waals surface area (Å²) in [4.78, 5) is 14.2. The molecule has 1 aromatic rings. The van der Waals surface area contributed by atoms with Crippen molar-refractivity contribution < 1.29 is 9.53 Å². The molecular weight excluding hydrogens is 266 g/mol. The summed E-state index contributed by atoms with van der Waals surface area (Å²) in [7, 11) is 0. The number of ether oxygens (including phenoxy) is 1. The Kier molecular flexibility index (Phi) is 5.44. The Labute approximate surface area is 126 Å². The molecule has 0 saturated carbocycles. The molecule has 0 aromatic heterocycles. The van der Waals surface area contributed by atoms with Gasteiger partial charge in [-0.2, -0.15) is 0 Å². The number of anilines is 1. The summed E-state index contributed by atoms with van der Waals surface area (Å²) < 4.78 is 5.68. The molecule has 2 rings (SSSR count). The van der Waals surface area contributed by atoms with Crippen molar-refractivity contribution in [3.8, 4) is 5.75 Å². The largest absolute Gasteiger partial charge is 0.481 e. The van der Waals surface area contributed by atoms with Crippen molar-refractivity contribution in [2.45, 2.75) is 32.9 Å². The second kappa shape index (κ2) is 7.31. The monoisotopic (exact) mass is 291 g/mol. The summed E-state index contributed by atoms with van der Waals surface area (Å²) >= 11 is 0. The molecule has 0 radical (unpaired) electrons. The Balaban J connectivity index is 1.91. The number of carbonyl (C=O) groups is 1. The molecule has 0 aliphatic carbocycles. The maximum atomic E-state index is 11.8. The van der Waals surface area contributed by atoms with Crippen LogP contribution in [0.1, 0.15) is 20.8 Å². The van der Waals surface area contributed by atoms with Crippen molar-refractivity contribution in [2.75, 3.05) is 31.1 Å². The first-order chi connectivity index (χ1) is 10.1. The summed E-state index contributed by atoms with van der Waals surface area (Å²) in [6, 6.07) is 8.08. The highest BCUT2D eigenvalue weighted by Gasteiger charge is 2.16. The van der Waals surface area contributed by atoms with Gasteiger partial charge in [-0.15, -0.1) is 0 Å². The molecule has 1 aliphatic heterocycles. The van der Waals surface area contributed by atoms with Gasteiger partial charge in [-0.1, -0.05) is 0 Å². The summed E-state index contributed by atoms with van der Waals surface area (Å²) in [5, 5.41) is 6.19. The predicted molar refractivity (Wildman–Crippen MR) is 84.9 cm³/mol. The number of piperazine rings is 1. The molecule has 2 N–H and O–H groups in total. The highest BCUT2D eigenvalue weighted by atomic mass is 16.5. The minimum absolute atomic E-state index is 0.0869. The quantitative estimate of drug-likeness (QED) is 0.861. The highest BCUT2D eigenvalue weighted by molar-refractivity contribution is 5.80.